The predicted molar refractivity (Wildman–Crippen MR) is 149 cm³/mol. The molecular weight excluding hydrogens is 398 g/mol. The molecule has 0 spiro atoms. The van der Waals surface area contributed by atoms with Crippen LogP contribution in [0.25, 0.3) is 21.8 Å². The van der Waals surface area contributed by atoms with Crippen LogP contribution in [0.5, 0.6) is 0 Å². The molecule has 1 aromatic heterocycles. The highest BCUT2D eigenvalue weighted by Gasteiger charge is 2.23. The van der Waals surface area contributed by atoms with Gasteiger partial charge >= 0.3 is 0 Å². The van der Waals surface area contributed by atoms with Crippen molar-refractivity contribution in [1.82, 2.24) is 4.57 Å². The minimum absolute atomic E-state index is 0.218. The van der Waals surface area contributed by atoms with Gasteiger partial charge in [0.25, 0.3) is 0 Å². The molecule has 0 unspecified atom stereocenters. The van der Waals surface area contributed by atoms with Crippen molar-refractivity contribution in [3.8, 4) is 0 Å². The highest BCUT2D eigenvalue weighted by Crippen LogP contribution is 2.38. The summed E-state index contributed by atoms with van der Waals surface area (Å²) in [6, 6.07) is 14.7. The van der Waals surface area contributed by atoms with E-state index in [9.17, 15) is 0 Å². The first kappa shape index (κ1) is 25.9. The average Bonchev–Trinajstić information content (AvgIpc) is 3.08. The van der Waals surface area contributed by atoms with Gasteiger partial charge < -0.3 is 4.57 Å². The molecule has 0 amide bonds. The number of hydrogen-bond acceptors (Lipinski definition) is 0. The molecule has 182 valence electrons. The van der Waals surface area contributed by atoms with Gasteiger partial charge in [-0.05, 0) is 65.5 Å². The molecule has 0 saturated heterocycles. The summed E-state index contributed by atoms with van der Waals surface area (Å²) in [5, 5.41) is 2.90. The molecule has 0 radical (unpaired) electrons. The van der Waals surface area contributed by atoms with E-state index >= 15 is 0 Å². The van der Waals surface area contributed by atoms with Gasteiger partial charge in [0.1, 0.15) is 0 Å². The summed E-state index contributed by atoms with van der Waals surface area (Å²) >= 11 is 0. The second-order valence-electron chi connectivity index (χ2n) is 11.7. The van der Waals surface area contributed by atoms with Crippen molar-refractivity contribution in [1.29, 1.82) is 0 Å². The minimum Gasteiger partial charge on any atom is -0.340 e. The SMILES string of the molecule is CCCCCCCCn1c2ccc(C(C)(C)CCC)cc2c2cc(C(C)(C)CCC)ccc21. The third kappa shape index (κ3) is 5.84. The summed E-state index contributed by atoms with van der Waals surface area (Å²) in [5.74, 6) is 0. The third-order valence-electron chi connectivity index (χ3n) is 7.91. The van der Waals surface area contributed by atoms with Crippen LogP contribution in [0.4, 0.5) is 0 Å². The first-order valence-corrected chi connectivity index (χ1v) is 13.8. The fraction of sp³-hybridized carbons (Fsp3) is 0.625. The van der Waals surface area contributed by atoms with E-state index in [1.165, 1.54) is 97.1 Å². The lowest BCUT2D eigenvalue weighted by Crippen LogP contribution is -2.16. The lowest BCUT2D eigenvalue weighted by molar-refractivity contribution is 0.473. The molecule has 0 N–H and O–H groups in total. The zero-order chi connectivity index (χ0) is 24.1. The van der Waals surface area contributed by atoms with Crippen LogP contribution in [-0.2, 0) is 17.4 Å². The van der Waals surface area contributed by atoms with Crippen molar-refractivity contribution in [2.24, 2.45) is 0 Å². The van der Waals surface area contributed by atoms with Crippen molar-refractivity contribution in [2.45, 2.75) is 130 Å². The summed E-state index contributed by atoms with van der Waals surface area (Å²) in [7, 11) is 0. The number of aromatic nitrogens is 1. The summed E-state index contributed by atoms with van der Waals surface area (Å²) in [6.45, 7) is 17.6. The van der Waals surface area contributed by atoms with Crippen LogP contribution >= 0.6 is 0 Å². The molecule has 2 aromatic carbocycles. The Kier molecular flexibility index (Phi) is 8.70. The van der Waals surface area contributed by atoms with Gasteiger partial charge in [-0.3, -0.25) is 0 Å². The molecule has 0 atom stereocenters. The first-order chi connectivity index (χ1) is 15.7. The maximum Gasteiger partial charge on any atom is 0.0491 e. The molecule has 0 saturated carbocycles. The normalized spacial score (nSPS) is 12.8. The van der Waals surface area contributed by atoms with E-state index in [2.05, 4.69) is 89.4 Å². The van der Waals surface area contributed by atoms with Gasteiger partial charge in [0, 0.05) is 28.4 Å². The van der Waals surface area contributed by atoms with Gasteiger partial charge in [-0.2, -0.15) is 0 Å². The van der Waals surface area contributed by atoms with Crippen LogP contribution in [0.15, 0.2) is 36.4 Å². The topological polar surface area (TPSA) is 4.93 Å². The lowest BCUT2D eigenvalue weighted by atomic mass is 9.79. The molecule has 1 heteroatoms. The Balaban J connectivity index is 2.06. The average molecular weight is 448 g/mol. The van der Waals surface area contributed by atoms with E-state index in [1.54, 1.807) is 0 Å². The van der Waals surface area contributed by atoms with E-state index in [-0.39, 0.29) is 10.8 Å². The van der Waals surface area contributed by atoms with E-state index in [4.69, 9.17) is 0 Å². The Morgan fingerprint density at radius 1 is 0.576 bits per heavy atom. The molecule has 1 nitrogen and oxygen atoms in total. The Morgan fingerprint density at radius 3 is 1.48 bits per heavy atom. The predicted octanol–water partition coefficient (Wildman–Crippen LogP) is 10.3. The molecule has 1 heterocycles. The summed E-state index contributed by atoms with van der Waals surface area (Å²) in [6.07, 6.45) is 13.0. The Hall–Kier alpha value is -1.76. The maximum atomic E-state index is 2.61. The molecule has 0 aliphatic rings. The van der Waals surface area contributed by atoms with Crippen LogP contribution in [0.2, 0.25) is 0 Å². The van der Waals surface area contributed by atoms with Gasteiger partial charge in [0.2, 0.25) is 0 Å². The summed E-state index contributed by atoms with van der Waals surface area (Å²) in [4.78, 5) is 0. The number of benzene rings is 2. The molecule has 0 aliphatic carbocycles. The highest BCUT2D eigenvalue weighted by molar-refractivity contribution is 6.08. The van der Waals surface area contributed by atoms with Gasteiger partial charge in [-0.25, -0.2) is 0 Å². The van der Waals surface area contributed by atoms with E-state index < -0.39 is 0 Å². The fourth-order valence-electron chi connectivity index (χ4n) is 5.78. The zero-order valence-electron chi connectivity index (χ0n) is 22.7. The molecule has 0 bridgehead atoms. The van der Waals surface area contributed by atoms with E-state index in [0.717, 1.165) is 6.54 Å². The number of unbranched alkanes of at least 4 members (excludes halogenated alkanes) is 5. The van der Waals surface area contributed by atoms with Crippen molar-refractivity contribution < 1.29 is 0 Å². The largest absolute Gasteiger partial charge is 0.340 e. The van der Waals surface area contributed by atoms with Crippen molar-refractivity contribution in [3.05, 3.63) is 47.5 Å². The molecular formula is C32H49N. The molecule has 0 fully saturated rings. The van der Waals surface area contributed by atoms with Gasteiger partial charge in [-0.15, -0.1) is 0 Å². The highest BCUT2D eigenvalue weighted by atomic mass is 15.0. The van der Waals surface area contributed by atoms with Gasteiger partial charge in [0.05, 0.1) is 0 Å². The molecule has 33 heavy (non-hydrogen) atoms. The minimum atomic E-state index is 0.218. The number of fused-ring (bicyclic) bond motifs is 3. The van der Waals surface area contributed by atoms with Gasteiger partial charge in [-0.1, -0.05) is 106 Å². The van der Waals surface area contributed by atoms with Crippen LogP contribution < -0.4 is 0 Å². The Morgan fingerprint density at radius 2 is 1.03 bits per heavy atom. The van der Waals surface area contributed by atoms with Crippen LogP contribution in [0.3, 0.4) is 0 Å². The number of rotatable bonds is 13. The molecule has 3 aromatic rings. The van der Waals surface area contributed by atoms with Crippen LogP contribution in [-0.4, -0.2) is 4.57 Å². The maximum absolute atomic E-state index is 2.61. The lowest BCUT2D eigenvalue weighted by Gasteiger charge is -2.25. The smallest absolute Gasteiger partial charge is 0.0491 e. The Bertz CT molecular complexity index is 958. The monoisotopic (exact) mass is 447 g/mol. The van der Waals surface area contributed by atoms with Crippen LogP contribution in [0, 0.1) is 0 Å². The zero-order valence-corrected chi connectivity index (χ0v) is 22.7. The van der Waals surface area contributed by atoms with Crippen molar-refractivity contribution in [2.75, 3.05) is 0 Å². The second kappa shape index (κ2) is 11.1. The van der Waals surface area contributed by atoms with Crippen molar-refractivity contribution >= 4 is 21.8 Å². The van der Waals surface area contributed by atoms with Crippen molar-refractivity contribution in [3.63, 3.8) is 0 Å². The summed E-state index contributed by atoms with van der Waals surface area (Å²) in [5.41, 5.74) is 6.23. The number of nitrogens with zero attached hydrogens (tertiary/aromatic N) is 1. The third-order valence-corrected chi connectivity index (χ3v) is 7.91. The number of aryl methyl sites for hydroxylation is 1. The second-order valence-corrected chi connectivity index (χ2v) is 11.7. The quantitative estimate of drug-likeness (QED) is 0.230. The fourth-order valence-corrected chi connectivity index (χ4v) is 5.78. The van der Waals surface area contributed by atoms with E-state index in [1.807, 2.05) is 0 Å². The summed E-state index contributed by atoms with van der Waals surface area (Å²) < 4.78 is 2.61. The van der Waals surface area contributed by atoms with Gasteiger partial charge in [0.15, 0.2) is 0 Å². The molecule has 3 rings (SSSR count). The standard InChI is InChI=1S/C32H49N/c1-8-11-12-13-14-15-22-33-29-18-16-25(31(4,5)20-9-2)23-27(29)28-24-26(17-19-30(28)33)32(6,7)21-10-3/h16-19,23-24H,8-15,20-22H2,1-7H3. The van der Waals surface area contributed by atoms with E-state index in [0.29, 0.717) is 0 Å². The first-order valence-electron chi connectivity index (χ1n) is 13.8. The number of hydrogen-bond donors (Lipinski definition) is 0. The Labute approximate surface area is 204 Å². The van der Waals surface area contributed by atoms with Crippen LogP contribution in [0.1, 0.15) is 124 Å². The molecule has 0 aliphatic heterocycles.